The molecule has 0 aliphatic heterocycles. The summed E-state index contributed by atoms with van der Waals surface area (Å²) in [6.45, 7) is 1.86. The molecule has 0 bridgehead atoms. The number of alkyl halides is 1. The van der Waals surface area contributed by atoms with Crippen LogP contribution in [-0.2, 0) is 0 Å². The van der Waals surface area contributed by atoms with Crippen LogP contribution in [0, 0.1) is 6.92 Å². The summed E-state index contributed by atoms with van der Waals surface area (Å²) in [4.78, 5) is 16.1. The van der Waals surface area contributed by atoms with Crippen molar-refractivity contribution in [3.63, 3.8) is 0 Å². The molecule has 0 amide bonds. The number of carbonyl (C=O) groups is 1. The van der Waals surface area contributed by atoms with Crippen LogP contribution in [0.2, 0.25) is 0 Å². The number of ketones is 1. The third kappa shape index (κ3) is 2.61. The highest BCUT2D eigenvalue weighted by atomic mass is 79.9. The van der Waals surface area contributed by atoms with E-state index in [0.717, 1.165) is 17.0 Å². The molecule has 1 aromatic heterocycles. The number of hydrogen-bond acceptors (Lipinski definition) is 2. The first kappa shape index (κ1) is 12.0. The van der Waals surface area contributed by atoms with Gasteiger partial charge in [0.15, 0.2) is 5.78 Å². The molecule has 2 nitrogen and oxygen atoms in total. The van der Waals surface area contributed by atoms with Gasteiger partial charge in [0.25, 0.3) is 0 Å². The summed E-state index contributed by atoms with van der Waals surface area (Å²) in [5, 5.41) is 0.334. The van der Waals surface area contributed by atoms with Crippen LogP contribution in [0.5, 0.6) is 0 Å². The number of Topliss-reactive ketones (excluding diaryl/α,β-unsaturated/α-hetero) is 1. The summed E-state index contributed by atoms with van der Waals surface area (Å²) in [5.41, 5.74) is 3.42. The van der Waals surface area contributed by atoms with Crippen molar-refractivity contribution in [1.82, 2.24) is 4.98 Å². The molecule has 0 saturated heterocycles. The van der Waals surface area contributed by atoms with Gasteiger partial charge in [-0.1, -0.05) is 46.3 Å². The van der Waals surface area contributed by atoms with Gasteiger partial charge in [-0.2, -0.15) is 0 Å². The zero-order valence-electron chi connectivity index (χ0n) is 9.48. The Bertz CT molecular complexity index is 537. The van der Waals surface area contributed by atoms with Crippen molar-refractivity contribution in [3.8, 4) is 11.3 Å². The van der Waals surface area contributed by atoms with E-state index in [1.54, 1.807) is 0 Å². The van der Waals surface area contributed by atoms with Gasteiger partial charge in [-0.25, -0.2) is 0 Å². The molecule has 0 N–H and O–H groups in total. The lowest BCUT2D eigenvalue weighted by Crippen LogP contribution is -2.04. The largest absolute Gasteiger partial charge is 0.293 e. The van der Waals surface area contributed by atoms with Crippen LogP contribution in [0.15, 0.2) is 42.5 Å². The van der Waals surface area contributed by atoms with Crippen LogP contribution in [-0.4, -0.2) is 16.1 Å². The number of pyridine rings is 1. The monoisotopic (exact) mass is 289 g/mol. The molecule has 2 rings (SSSR count). The topological polar surface area (TPSA) is 30.0 Å². The molecule has 0 aliphatic rings. The maximum absolute atomic E-state index is 11.6. The van der Waals surface area contributed by atoms with E-state index < -0.39 is 0 Å². The van der Waals surface area contributed by atoms with Crippen LogP contribution < -0.4 is 0 Å². The van der Waals surface area contributed by atoms with E-state index in [1.165, 1.54) is 0 Å². The number of rotatable bonds is 3. The second kappa shape index (κ2) is 5.23. The molecule has 0 atom stereocenters. The van der Waals surface area contributed by atoms with Crippen LogP contribution in [0.25, 0.3) is 11.3 Å². The number of hydrogen-bond donors (Lipinski definition) is 0. The first-order valence-corrected chi connectivity index (χ1v) is 6.46. The summed E-state index contributed by atoms with van der Waals surface area (Å²) >= 11 is 3.17. The Morgan fingerprint density at radius 1 is 1.18 bits per heavy atom. The van der Waals surface area contributed by atoms with Gasteiger partial charge in [0.05, 0.1) is 11.0 Å². The smallest absolute Gasteiger partial charge is 0.175 e. The van der Waals surface area contributed by atoms with E-state index in [1.807, 2.05) is 49.4 Å². The highest BCUT2D eigenvalue weighted by Gasteiger charge is 2.09. The quantitative estimate of drug-likeness (QED) is 0.638. The molecule has 0 fully saturated rings. The van der Waals surface area contributed by atoms with E-state index in [4.69, 9.17) is 0 Å². The predicted molar refractivity (Wildman–Crippen MR) is 72.5 cm³/mol. The van der Waals surface area contributed by atoms with Gasteiger partial charge in [-0.3, -0.25) is 9.78 Å². The van der Waals surface area contributed by atoms with Crippen molar-refractivity contribution in [2.24, 2.45) is 0 Å². The predicted octanol–water partition coefficient (Wildman–Crippen LogP) is 3.63. The number of halogens is 1. The average molecular weight is 290 g/mol. The molecule has 1 aromatic carbocycles. The minimum absolute atomic E-state index is 0.0645. The summed E-state index contributed by atoms with van der Waals surface area (Å²) in [6.07, 6.45) is 0. The fourth-order valence-electron chi connectivity index (χ4n) is 1.70. The van der Waals surface area contributed by atoms with E-state index in [-0.39, 0.29) is 5.78 Å². The molecule has 3 heteroatoms. The molecule has 1 heterocycles. The van der Waals surface area contributed by atoms with Crippen LogP contribution in [0.1, 0.15) is 16.1 Å². The third-order valence-corrected chi connectivity index (χ3v) is 3.09. The lowest BCUT2D eigenvalue weighted by molar-refractivity contribution is 0.102. The molecule has 2 aromatic rings. The number of aryl methyl sites for hydroxylation is 1. The van der Waals surface area contributed by atoms with Crippen molar-refractivity contribution in [2.45, 2.75) is 6.92 Å². The zero-order valence-corrected chi connectivity index (χ0v) is 11.1. The SMILES string of the molecule is Cc1nc(-c2ccccc2)ccc1C(=O)CBr. The van der Waals surface area contributed by atoms with Gasteiger partial charge >= 0.3 is 0 Å². The van der Waals surface area contributed by atoms with Gasteiger partial charge in [0.2, 0.25) is 0 Å². The van der Waals surface area contributed by atoms with E-state index in [0.29, 0.717) is 10.9 Å². The molecular weight excluding hydrogens is 278 g/mol. The van der Waals surface area contributed by atoms with Crippen molar-refractivity contribution in [3.05, 3.63) is 53.7 Å². The van der Waals surface area contributed by atoms with Crippen LogP contribution in [0.4, 0.5) is 0 Å². The third-order valence-electron chi connectivity index (χ3n) is 2.58. The van der Waals surface area contributed by atoms with Gasteiger partial charge in [-0.15, -0.1) is 0 Å². The minimum Gasteiger partial charge on any atom is -0.293 e. The molecular formula is C14H12BrNO. The molecule has 86 valence electrons. The Balaban J connectivity index is 2.41. The van der Waals surface area contributed by atoms with Gasteiger partial charge < -0.3 is 0 Å². The number of benzene rings is 1. The number of aromatic nitrogens is 1. The van der Waals surface area contributed by atoms with Gasteiger partial charge in [-0.05, 0) is 19.1 Å². The Morgan fingerprint density at radius 2 is 1.88 bits per heavy atom. The second-order valence-electron chi connectivity index (χ2n) is 3.75. The zero-order chi connectivity index (χ0) is 12.3. The number of nitrogens with zero attached hydrogens (tertiary/aromatic N) is 1. The van der Waals surface area contributed by atoms with Crippen LogP contribution >= 0.6 is 15.9 Å². The Kier molecular flexibility index (Phi) is 3.69. The van der Waals surface area contributed by atoms with Gasteiger partial charge in [0.1, 0.15) is 0 Å². The Labute approximate surface area is 109 Å². The maximum atomic E-state index is 11.6. The first-order chi connectivity index (χ1) is 8.22. The first-order valence-electron chi connectivity index (χ1n) is 5.34. The Morgan fingerprint density at radius 3 is 2.47 bits per heavy atom. The molecule has 0 saturated carbocycles. The van der Waals surface area contributed by atoms with Crippen molar-refractivity contribution >= 4 is 21.7 Å². The van der Waals surface area contributed by atoms with E-state index in [9.17, 15) is 4.79 Å². The minimum atomic E-state index is 0.0645. The summed E-state index contributed by atoms with van der Waals surface area (Å²) in [7, 11) is 0. The summed E-state index contributed by atoms with van der Waals surface area (Å²) in [5.74, 6) is 0.0645. The lowest BCUT2D eigenvalue weighted by Gasteiger charge is -2.05. The molecule has 0 spiro atoms. The van der Waals surface area contributed by atoms with Gasteiger partial charge in [0, 0.05) is 16.8 Å². The molecule has 0 aliphatic carbocycles. The van der Waals surface area contributed by atoms with E-state index >= 15 is 0 Å². The molecule has 17 heavy (non-hydrogen) atoms. The highest BCUT2D eigenvalue weighted by molar-refractivity contribution is 9.09. The average Bonchev–Trinajstić information content (AvgIpc) is 2.39. The second-order valence-corrected chi connectivity index (χ2v) is 4.31. The fraction of sp³-hybridized carbons (Fsp3) is 0.143. The van der Waals surface area contributed by atoms with E-state index in [2.05, 4.69) is 20.9 Å². The fourth-order valence-corrected chi connectivity index (χ4v) is 2.00. The maximum Gasteiger partial charge on any atom is 0.175 e. The normalized spacial score (nSPS) is 10.2. The van der Waals surface area contributed by atoms with Crippen molar-refractivity contribution in [1.29, 1.82) is 0 Å². The van der Waals surface area contributed by atoms with Crippen molar-refractivity contribution < 1.29 is 4.79 Å². The van der Waals surface area contributed by atoms with Crippen LogP contribution in [0.3, 0.4) is 0 Å². The summed E-state index contributed by atoms with van der Waals surface area (Å²) < 4.78 is 0. The van der Waals surface area contributed by atoms with Crippen molar-refractivity contribution in [2.75, 3.05) is 5.33 Å². The number of carbonyl (C=O) groups excluding carboxylic acids is 1. The lowest BCUT2D eigenvalue weighted by atomic mass is 10.1. The molecule has 0 unspecified atom stereocenters. The summed E-state index contributed by atoms with van der Waals surface area (Å²) in [6, 6.07) is 13.7. The Hall–Kier alpha value is -1.48. The molecule has 0 radical (unpaired) electrons. The highest BCUT2D eigenvalue weighted by Crippen LogP contribution is 2.19. The standard InChI is InChI=1S/C14H12BrNO/c1-10-12(14(17)9-15)7-8-13(16-10)11-5-3-2-4-6-11/h2-8H,9H2,1H3.